The predicted molar refractivity (Wildman–Crippen MR) is 61.9 cm³/mol. The maximum Gasteiger partial charge on any atom is 0.0498 e. The van der Waals surface area contributed by atoms with Gasteiger partial charge in [0.25, 0.3) is 0 Å². The van der Waals surface area contributed by atoms with Gasteiger partial charge in [-0.25, -0.2) is 0 Å². The summed E-state index contributed by atoms with van der Waals surface area (Å²) < 4.78 is 5.47. The van der Waals surface area contributed by atoms with Crippen molar-refractivity contribution in [1.29, 1.82) is 0 Å². The van der Waals surface area contributed by atoms with Crippen LogP contribution in [0.15, 0.2) is 30.3 Å². The zero-order chi connectivity index (χ0) is 10.7. The molecule has 0 amide bonds. The summed E-state index contributed by atoms with van der Waals surface area (Å²) in [5.41, 5.74) is 1.60. The van der Waals surface area contributed by atoms with Gasteiger partial charge >= 0.3 is 0 Å². The van der Waals surface area contributed by atoms with Crippen molar-refractivity contribution in [2.75, 3.05) is 27.3 Å². The number of rotatable bonds is 2. The summed E-state index contributed by atoms with van der Waals surface area (Å²) in [6.45, 7) is 1.74. The third kappa shape index (κ3) is 1.92. The zero-order valence-corrected chi connectivity index (χ0v) is 9.57. The number of hydrogen-bond donors (Lipinski definition) is 0. The normalized spacial score (nSPS) is 20.5. The number of hydrogen-bond acceptors (Lipinski definition) is 2. The van der Waals surface area contributed by atoms with Gasteiger partial charge in [0.2, 0.25) is 0 Å². The van der Waals surface area contributed by atoms with E-state index in [0.717, 1.165) is 26.1 Å². The molecule has 2 rings (SSSR count). The van der Waals surface area contributed by atoms with Crippen LogP contribution in [0.2, 0.25) is 0 Å². The maximum absolute atomic E-state index is 5.47. The van der Waals surface area contributed by atoms with Crippen LogP contribution in [-0.2, 0) is 10.3 Å². The highest BCUT2D eigenvalue weighted by atomic mass is 16.5. The average Bonchev–Trinajstić information content (AvgIpc) is 2.31. The molecule has 2 heteroatoms. The van der Waals surface area contributed by atoms with Gasteiger partial charge < -0.3 is 4.74 Å². The quantitative estimate of drug-likeness (QED) is 0.734. The third-order valence-corrected chi connectivity index (χ3v) is 3.49. The highest BCUT2D eigenvalue weighted by molar-refractivity contribution is 5.25. The second-order valence-electron chi connectivity index (χ2n) is 4.40. The Balaban J connectivity index is 2.34. The molecule has 1 aromatic carbocycles. The molecule has 0 atom stereocenters. The van der Waals surface area contributed by atoms with Crippen molar-refractivity contribution in [3.63, 3.8) is 0 Å². The molecule has 1 fully saturated rings. The summed E-state index contributed by atoms with van der Waals surface area (Å²) in [6, 6.07) is 10.8. The van der Waals surface area contributed by atoms with Gasteiger partial charge in [0.1, 0.15) is 0 Å². The van der Waals surface area contributed by atoms with E-state index in [0.29, 0.717) is 0 Å². The van der Waals surface area contributed by atoms with Crippen molar-refractivity contribution >= 4 is 0 Å². The standard InChI is InChI=1S/C13H19NO/c1-14(2)13(8-10-15-11-9-13)12-6-4-3-5-7-12/h3-7H,8-11H2,1-2H3. The Labute approximate surface area is 91.9 Å². The van der Waals surface area contributed by atoms with E-state index in [2.05, 4.69) is 49.3 Å². The fraction of sp³-hybridized carbons (Fsp3) is 0.538. The number of ether oxygens (including phenoxy) is 1. The first-order valence-corrected chi connectivity index (χ1v) is 5.56. The van der Waals surface area contributed by atoms with E-state index in [1.807, 2.05) is 0 Å². The van der Waals surface area contributed by atoms with Gasteiger partial charge in [-0.05, 0) is 32.5 Å². The Morgan fingerprint density at radius 1 is 1.07 bits per heavy atom. The van der Waals surface area contributed by atoms with Crippen LogP contribution in [0.4, 0.5) is 0 Å². The fourth-order valence-electron chi connectivity index (χ4n) is 2.45. The van der Waals surface area contributed by atoms with Gasteiger partial charge in [0.15, 0.2) is 0 Å². The molecule has 0 aromatic heterocycles. The topological polar surface area (TPSA) is 12.5 Å². The first-order chi connectivity index (χ1) is 7.26. The molecule has 1 saturated heterocycles. The first-order valence-electron chi connectivity index (χ1n) is 5.56. The predicted octanol–water partition coefficient (Wildman–Crippen LogP) is 2.25. The molecule has 0 bridgehead atoms. The molecule has 15 heavy (non-hydrogen) atoms. The largest absolute Gasteiger partial charge is 0.381 e. The summed E-state index contributed by atoms with van der Waals surface area (Å²) in [6.07, 6.45) is 2.17. The van der Waals surface area contributed by atoms with Crippen molar-refractivity contribution in [2.24, 2.45) is 0 Å². The van der Waals surface area contributed by atoms with Crippen molar-refractivity contribution in [1.82, 2.24) is 4.90 Å². The highest BCUT2D eigenvalue weighted by Gasteiger charge is 2.36. The van der Waals surface area contributed by atoms with E-state index >= 15 is 0 Å². The smallest absolute Gasteiger partial charge is 0.0498 e. The van der Waals surface area contributed by atoms with Crippen LogP contribution >= 0.6 is 0 Å². The van der Waals surface area contributed by atoms with E-state index in [1.165, 1.54) is 5.56 Å². The molecule has 0 N–H and O–H groups in total. The molecule has 0 radical (unpaired) electrons. The molecule has 1 aromatic rings. The van der Waals surface area contributed by atoms with Gasteiger partial charge in [0.05, 0.1) is 0 Å². The fourth-order valence-corrected chi connectivity index (χ4v) is 2.45. The van der Waals surface area contributed by atoms with Gasteiger partial charge in [-0.15, -0.1) is 0 Å². The van der Waals surface area contributed by atoms with E-state index < -0.39 is 0 Å². The second kappa shape index (κ2) is 4.33. The average molecular weight is 205 g/mol. The second-order valence-corrected chi connectivity index (χ2v) is 4.40. The highest BCUT2D eigenvalue weighted by Crippen LogP contribution is 2.36. The van der Waals surface area contributed by atoms with Crippen LogP contribution in [0.1, 0.15) is 18.4 Å². The Bertz CT molecular complexity index is 302. The molecule has 1 aliphatic rings. The molecular weight excluding hydrogens is 186 g/mol. The summed E-state index contributed by atoms with van der Waals surface area (Å²) in [5, 5.41) is 0. The van der Waals surface area contributed by atoms with Crippen LogP contribution in [-0.4, -0.2) is 32.2 Å². The molecule has 1 aliphatic heterocycles. The summed E-state index contributed by atoms with van der Waals surface area (Å²) in [5.74, 6) is 0. The summed E-state index contributed by atoms with van der Waals surface area (Å²) in [7, 11) is 4.33. The van der Waals surface area contributed by atoms with Crippen molar-refractivity contribution in [3.8, 4) is 0 Å². The Morgan fingerprint density at radius 3 is 2.20 bits per heavy atom. The van der Waals surface area contributed by atoms with Crippen molar-refractivity contribution in [2.45, 2.75) is 18.4 Å². The zero-order valence-electron chi connectivity index (χ0n) is 9.57. The molecule has 2 nitrogen and oxygen atoms in total. The number of nitrogens with zero attached hydrogens (tertiary/aromatic N) is 1. The maximum atomic E-state index is 5.47. The van der Waals surface area contributed by atoms with E-state index in [9.17, 15) is 0 Å². The van der Waals surface area contributed by atoms with Crippen LogP contribution in [0.25, 0.3) is 0 Å². The molecule has 0 spiro atoms. The summed E-state index contributed by atoms with van der Waals surface area (Å²) >= 11 is 0. The lowest BCUT2D eigenvalue weighted by molar-refractivity contribution is -0.0105. The van der Waals surface area contributed by atoms with E-state index in [4.69, 9.17) is 4.74 Å². The first kappa shape index (κ1) is 10.7. The van der Waals surface area contributed by atoms with Crippen LogP contribution in [0, 0.1) is 0 Å². The Hall–Kier alpha value is -0.860. The Morgan fingerprint density at radius 2 is 1.67 bits per heavy atom. The minimum atomic E-state index is 0.180. The lowest BCUT2D eigenvalue weighted by atomic mass is 9.81. The molecule has 1 heterocycles. The van der Waals surface area contributed by atoms with Crippen molar-refractivity contribution < 1.29 is 4.74 Å². The van der Waals surface area contributed by atoms with Crippen molar-refractivity contribution in [3.05, 3.63) is 35.9 Å². The third-order valence-electron chi connectivity index (χ3n) is 3.49. The summed E-state index contributed by atoms with van der Waals surface area (Å²) in [4.78, 5) is 2.34. The monoisotopic (exact) mass is 205 g/mol. The molecule has 0 unspecified atom stereocenters. The van der Waals surface area contributed by atoms with Crippen LogP contribution in [0.5, 0.6) is 0 Å². The van der Waals surface area contributed by atoms with Crippen LogP contribution in [0.3, 0.4) is 0 Å². The number of benzene rings is 1. The minimum absolute atomic E-state index is 0.180. The Kier molecular flexibility index (Phi) is 3.08. The molecule has 82 valence electrons. The lowest BCUT2D eigenvalue weighted by Gasteiger charge is -2.43. The minimum Gasteiger partial charge on any atom is -0.381 e. The SMILES string of the molecule is CN(C)C1(c2ccccc2)CCOCC1. The van der Waals surface area contributed by atoms with E-state index in [-0.39, 0.29) is 5.54 Å². The van der Waals surface area contributed by atoms with Crippen LogP contribution < -0.4 is 0 Å². The molecule has 0 aliphatic carbocycles. The van der Waals surface area contributed by atoms with E-state index in [1.54, 1.807) is 0 Å². The van der Waals surface area contributed by atoms with Gasteiger partial charge in [-0.3, -0.25) is 4.90 Å². The molecule has 0 saturated carbocycles. The van der Waals surface area contributed by atoms with Gasteiger partial charge in [-0.1, -0.05) is 30.3 Å². The van der Waals surface area contributed by atoms with Gasteiger partial charge in [-0.2, -0.15) is 0 Å². The lowest BCUT2D eigenvalue weighted by Crippen LogP contribution is -2.45. The molecular formula is C13H19NO. The van der Waals surface area contributed by atoms with Gasteiger partial charge in [0, 0.05) is 18.8 Å².